The minimum absolute atomic E-state index is 0.479. The maximum atomic E-state index is 5.39. The predicted octanol–water partition coefficient (Wildman–Crippen LogP) is 2.31. The largest absolute Gasteiger partial charge is 0.453 e. The van der Waals surface area contributed by atoms with E-state index in [1.54, 1.807) is 0 Å². The van der Waals surface area contributed by atoms with Crippen LogP contribution in [0.1, 0.15) is 18.6 Å². The van der Waals surface area contributed by atoms with Gasteiger partial charge in [0.1, 0.15) is 5.76 Å². The van der Waals surface area contributed by atoms with Gasteiger partial charge in [-0.1, -0.05) is 0 Å². The zero-order valence-corrected chi connectivity index (χ0v) is 9.55. The average Bonchev–Trinajstić information content (AvgIpc) is 2.63. The maximum Gasteiger partial charge on any atom is 0.169 e. The molecule has 1 fully saturated rings. The highest BCUT2D eigenvalue weighted by Gasteiger charge is 2.13. The van der Waals surface area contributed by atoms with Crippen LogP contribution < -0.4 is 5.32 Å². The molecule has 0 radical (unpaired) electrons. The van der Waals surface area contributed by atoms with Crippen LogP contribution >= 0.6 is 15.9 Å². The number of hydrogen-bond acceptors (Lipinski definition) is 3. The molecular formula is C10H14BrNO2. The SMILES string of the molecule is Brc1ccc(CNC2CCCOC2)o1. The molecule has 1 saturated heterocycles. The second-order valence-electron chi connectivity index (χ2n) is 3.50. The molecule has 0 saturated carbocycles. The molecule has 1 aliphatic rings. The lowest BCUT2D eigenvalue weighted by molar-refractivity contribution is 0.0693. The standard InChI is InChI=1S/C10H14BrNO2/c11-10-4-3-9(14-10)6-12-8-2-1-5-13-7-8/h3-4,8,12H,1-2,5-7H2. The Balaban J connectivity index is 1.76. The smallest absolute Gasteiger partial charge is 0.169 e. The minimum Gasteiger partial charge on any atom is -0.453 e. The number of hydrogen-bond donors (Lipinski definition) is 1. The molecule has 0 spiro atoms. The molecular weight excluding hydrogens is 246 g/mol. The van der Waals surface area contributed by atoms with Gasteiger partial charge in [-0.05, 0) is 40.9 Å². The van der Waals surface area contributed by atoms with Crippen LogP contribution in [0.3, 0.4) is 0 Å². The molecule has 1 N–H and O–H groups in total. The summed E-state index contributed by atoms with van der Waals surface area (Å²) in [6.45, 7) is 2.51. The quantitative estimate of drug-likeness (QED) is 0.905. The van der Waals surface area contributed by atoms with Crippen molar-refractivity contribution in [3.8, 4) is 0 Å². The third-order valence-corrected chi connectivity index (χ3v) is 2.78. The summed E-state index contributed by atoms with van der Waals surface area (Å²) >= 11 is 3.28. The number of rotatable bonds is 3. The van der Waals surface area contributed by atoms with E-state index in [0.29, 0.717) is 6.04 Å². The van der Waals surface area contributed by atoms with Gasteiger partial charge >= 0.3 is 0 Å². The van der Waals surface area contributed by atoms with E-state index in [2.05, 4.69) is 21.2 Å². The Hall–Kier alpha value is -0.320. The summed E-state index contributed by atoms with van der Waals surface area (Å²) in [4.78, 5) is 0. The highest BCUT2D eigenvalue weighted by Crippen LogP contribution is 2.14. The fourth-order valence-electron chi connectivity index (χ4n) is 1.59. The van der Waals surface area contributed by atoms with Crippen LogP contribution in [0.15, 0.2) is 21.2 Å². The van der Waals surface area contributed by atoms with Crippen molar-refractivity contribution in [2.45, 2.75) is 25.4 Å². The molecule has 0 amide bonds. The Morgan fingerprint density at radius 1 is 1.50 bits per heavy atom. The molecule has 78 valence electrons. The predicted molar refractivity (Wildman–Crippen MR) is 57.1 cm³/mol. The summed E-state index contributed by atoms with van der Waals surface area (Å²) in [6, 6.07) is 4.36. The first-order valence-corrected chi connectivity index (χ1v) is 5.69. The molecule has 1 aliphatic heterocycles. The van der Waals surface area contributed by atoms with Gasteiger partial charge in [0, 0.05) is 12.6 Å². The van der Waals surface area contributed by atoms with E-state index < -0.39 is 0 Å². The lowest BCUT2D eigenvalue weighted by atomic mass is 10.1. The van der Waals surface area contributed by atoms with Gasteiger partial charge in [0.25, 0.3) is 0 Å². The summed E-state index contributed by atoms with van der Waals surface area (Å²) in [6.07, 6.45) is 2.35. The van der Waals surface area contributed by atoms with Crippen LogP contribution in [0.25, 0.3) is 0 Å². The highest BCUT2D eigenvalue weighted by atomic mass is 79.9. The van der Waals surface area contributed by atoms with Gasteiger partial charge in [0.05, 0.1) is 13.2 Å². The third kappa shape index (κ3) is 2.83. The first kappa shape index (κ1) is 10.2. The van der Waals surface area contributed by atoms with Crippen LogP contribution in [0.2, 0.25) is 0 Å². The Kier molecular flexibility index (Phi) is 3.61. The van der Waals surface area contributed by atoms with Crippen LogP contribution in [-0.4, -0.2) is 19.3 Å². The Morgan fingerprint density at radius 2 is 2.43 bits per heavy atom. The Bertz CT molecular complexity index is 281. The van der Waals surface area contributed by atoms with Crippen molar-refractivity contribution in [2.75, 3.05) is 13.2 Å². The summed E-state index contributed by atoms with van der Waals surface area (Å²) in [5.74, 6) is 0.961. The maximum absolute atomic E-state index is 5.39. The van der Waals surface area contributed by atoms with Crippen LogP contribution in [0.4, 0.5) is 0 Å². The number of furan rings is 1. The van der Waals surface area contributed by atoms with Gasteiger partial charge in [-0.25, -0.2) is 0 Å². The van der Waals surface area contributed by atoms with E-state index in [0.717, 1.165) is 36.6 Å². The molecule has 0 aliphatic carbocycles. The minimum atomic E-state index is 0.479. The van der Waals surface area contributed by atoms with Crippen molar-refractivity contribution in [2.24, 2.45) is 0 Å². The first-order valence-electron chi connectivity index (χ1n) is 4.90. The van der Waals surface area contributed by atoms with Crippen molar-refractivity contribution < 1.29 is 9.15 Å². The van der Waals surface area contributed by atoms with Gasteiger partial charge in [-0.15, -0.1) is 0 Å². The zero-order valence-electron chi connectivity index (χ0n) is 7.96. The van der Waals surface area contributed by atoms with Gasteiger partial charge in [0.15, 0.2) is 4.67 Å². The van der Waals surface area contributed by atoms with Gasteiger partial charge in [0.2, 0.25) is 0 Å². The van der Waals surface area contributed by atoms with E-state index in [9.17, 15) is 0 Å². The van der Waals surface area contributed by atoms with Crippen molar-refractivity contribution >= 4 is 15.9 Å². The van der Waals surface area contributed by atoms with E-state index in [1.807, 2.05) is 12.1 Å². The lowest BCUT2D eigenvalue weighted by Gasteiger charge is -2.22. The fourth-order valence-corrected chi connectivity index (χ4v) is 1.93. The molecule has 2 heterocycles. The molecule has 0 aromatic carbocycles. The fraction of sp³-hybridized carbons (Fsp3) is 0.600. The second kappa shape index (κ2) is 4.96. The molecule has 2 rings (SSSR count). The van der Waals surface area contributed by atoms with E-state index in [4.69, 9.17) is 9.15 Å². The summed E-state index contributed by atoms with van der Waals surface area (Å²) in [5, 5.41) is 3.41. The highest BCUT2D eigenvalue weighted by molar-refractivity contribution is 9.10. The summed E-state index contributed by atoms with van der Waals surface area (Å²) in [5.41, 5.74) is 0. The zero-order chi connectivity index (χ0) is 9.80. The normalized spacial score (nSPS) is 22.5. The van der Waals surface area contributed by atoms with Crippen molar-refractivity contribution in [1.29, 1.82) is 0 Å². The molecule has 3 nitrogen and oxygen atoms in total. The van der Waals surface area contributed by atoms with Crippen molar-refractivity contribution in [1.82, 2.24) is 5.32 Å². The summed E-state index contributed by atoms with van der Waals surface area (Å²) < 4.78 is 11.5. The van der Waals surface area contributed by atoms with Crippen LogP contribution in [-0.2, 0) is 11.3 Å². The summed E-state index contributed by atoms with van der Waals surface area (Å²) in [7, 11) is 0. The molecule has 4 heteroatoms. The molecule has 0 bridgehead atoms. The number of halogens is 1. The molecule has 1 unspecified atom stereocenters. The van der Waals surface area contributed by atoms with Crippen LogP contribution in [0, 0.1) is 0 Å². The topological polar surface area (TPSA) is 34.4 Å². The first-order chi connectivity index (χ1) is 6.84. The average molecular weight is 260 g/mol. The molecule has 14 heavy (non-hydrogen) atoms. The van der Waals surface area contributed by atoms with Gasteiger partial charge < -0.3 is 14.5 Å². The van der Waals surface area contributed by atoms with Crippen molar-refractivity contribution in [3.05, 3.63) is 22.6 Å². The van der Waals surface area contributed by atoms with Gasteiger partial charge in [-0.2, -0.15) is 0 Å². The van der Waals surface area contributed by atoms with Crippen molar-refractivity contribution in [3.63, 3.8) is 0 Å². The lowest BCUT2D eigenvalue weighted by Crippen LogP contribution is -2.36. The van der Waals surface area contributed by atoms with Gasteiger partial charge in [-0.3, -0.25) is 0 Å². The number of nitrogens with one attached hydrogen (secondary N) is 1. The second-order valence-corrected chi connectivity index (χ2v) is 4.28. The van der Waals surface area contributed by atoms with E-state index in [-0.39, 0.29) is 0 Å². The Morgan fingerprint density at radius 3 is 3.07 bits per heavy atom. The molecule has 1 aromatic heterocycles. The molecule has 1 atom stereocenters. The van der Waals surface area contributed by atoms with Crippen LogP contribution in [0.5, 0.6) is 0 Å². The monoisotopic (exact) mass is 259 g/mol. The Labute approximate surface area is 91.9 Å². The van der Waals surface area contributed by atoms with E-state index >= 15 is 0 Å². The third-order valence-electron chi connectivity index (χ3n) is 2.35. The van der Waals surface area contributed by atoms with E-state index in [1.165, 1.54) is 6.42 Å². The molecule has 1 aromatic rings. The number of ether oxygens (including phenoxy) is 1.